The van der Waals surface area contributed by atoms with Crippen LogP contribution in [0, 0.1) is 13.8 Å². The van der Waals surface area contributed by atoms with Crippen molar-refractivity contribution in [2.24, 2.45) is 0 Å². The molecule has 1 aromatic rings. The van der Waals surface area contributed by atoms with Gasteiger partial charge in [0, 0.05) is 31.2 Å². The summed E-state index contributed by atoms with van der Waals surface area (Å²) >= 11 is 6.16. The van der Waals surface area contributed by atoms with Crippen LogP contribution in [0.15, 0.2) is 12.1 Å². The zero-order valence-electron chi connectivity index (χ0n) is 13.9. The summed E-state index contributed by atoms with van der Waals surface area (Å²) < 4.78 is 5.84. The number of piperazine rings is 1. The Hall–Kier alpha value is -1.26. The summed E-state index contributed by atoms with van der Waals surface area (Å²) in [4.78, 5) is 16.7. The Morgan fingerprint density at radius 2 is 1.77 bits per heavy atom. The summed E-state index contributed by atoms with van der Waals surface area (Å²) in [6.45, 7) is 12.3. The van der Waals surface area contributed by atoms with Gasteiger partial charge in [-0.25, -0.2) is 0 Å². The highest BCUT2D eigenvalue weighted by Gasteiger charge is 2.25. The lowest BCUT2D eigenvalue weighted by Gasteiger charge is -2.35. The molecule has 0 spiro atoms. The van der Waals surface area contributed by atoms with Gasteiger partial charge in [-0.05, 0) is 50.6 Å². The van der Waals surface area contributed by atoms with Gasteiger partial charge in [-0.2, -0.15) is 0 Å². The second-order valence-corrected chi connectivity index (χ2v) is 6.27. The molecule has 1 heterocycles. The minimum absolute atomic E-state index is 0.0565. The molecular formula is C17H25ClN2O2. The van der Waals surface area contributed by atoms with Crippen molar-refractivity contribution in [1.82, 2.24) is 9.80 Å². The predicted octanol–water partition coefficient (Wildman–Crippen LogP) is 2.89. The smallest absolute Gasteiger partial charge is 0.263 e. The number of likely N-dealkylation sites (N-methyl/N-ethyl adjacent to an activating group) is 1. The Labute approximate surface area is 138 Å². The van der Waals surface area contributed by atoms with Crippen LogP contribution in [0.3, 0.4) is 0 Å². The number of carbonyl (C=O) groups is 1. The highest BCUT2D eigenvalue weighted by Crippen LogP contribution is 2.26. The van der Waals surface area contributed by atoms with E-state index in [1.54, 1.807) is 0 Å². The Bertz CT molecular complexity index is 516. The van der Waals surface area contributed by atoms with Crippen molar-refractivity contribution >= 4 is 17.5 Å². The molecule has 0 radical (unpaired) electrons. The summed E-state index contributed by atoms with van der Waals surface area (Å²) in [6, 6.07) is 3.77. The van der Waals surface area contributed by atoms with E-state index in [9.17, 15) is 4.79 Å². The number of halogens is 1. The monoisotopic (exact) mass is 324 g/mol. The molecule has 1 aliphatic heterocycles. The molecular weight excluding hydrogens is 300 g/mol. The first-order valence-electron chi connectivity index (χ1n) is 7.87. The molecule has 5 heteroatoms. The molecule has 0 aliphatic carbocycles. The van der Waals surface area contributed by atoms with Crippen LogP contribution in [-0.2, 0) is 4.79 Å². The van der Waals surface area contributed by atoms with E-state index in [1.165, 1.54) is 0 Å². The van der Waals surface area contributed by atoms with Gasteiger partial charge in [0.2, 0.25) is 0 Å². The summed E-state index contributed by atoms with van der Waals surface area (Å²) in [7, 11) is 0. The van der Waals surface area contributed by atoms with Crippen molar-refractivity contribution in [2.75, 3.05) is 32.7 Å². The summed E-state index contributed by atoms with van der Waals surface area (Å²) in [6.07, 6.45) is -0.479. The van der Waals surface area contributed by atoms with Crippen LogP contribution in [0.5, 0.6) is 5.75 Å². The van der Waals surface area contributed by atoms with Gasteiger partial charge in [-0.3, -0.25) is 4.79 Å². The van der Waals surface area contributed by atoms with Crippen LogP contribution >= 0.6 is 11.6 Å². The maximum Gasteiger partial charge on any atom is 0.263 e. The zero-order chi connectivity index (χ0) is 16.3. The highest BCUT2D eigenvalue weighted by atomic mass is 35.5. The molecule has 1 aliphatic rings. The fraction of sp³-hybridized carbons (Fsp3) is 0.588. The summed E-state index contributed by atoms with van der Waals surface area (Å²) in [5, 5.41) is 0.752. The third-order valence-corrected chi connectivity index (χ3v) is 4.80. The number of hydrogen-bond donors (Lipinski definition) is 0. The van der Waals surface area contributed by atoms with Crippen LogP contribution in [-0.4, -0.2) is 54.5 Å². The lowest BCUT2D eigenvalue weighted by atomic mass is 10.1. The van der Waals surface area contributed by atoms with E-state index in [-0.39, 0.29) is 5.91 Å². The maximum absolute atomic E-state index is 12.5. The SMILES string of the molecule is CCN1CCN(C(=O)[C@H](C)Oc2cc(C)c(Cl)c(C)c2)CC1. The normalized spacial score (nSPS) is 17.4. The molecule has 0 saturated carbocycles. The molecule has 1 atom stereocenters. The van der Waals surface area contributed by atoms with Gasteiger partial charge in [0.25, 0.3) is 5.91 Å². The molecule has 22 heavy (non-hydrogen) atoms. The Kier molecular flexibility index (Phi) is 5.70. The molecule has 1 amide bonds. The Balaban J connectivity index is 1.97. The minimum atomic E-state index is -0.479. The van der Waals surface area contributed by atoms with Gasteiger partial charge in [0.15, 0.2) is 6.10 Å². The van der Waals surface area contributed by atoms with E-state index in [0.717, 1.165) is 48.9 Å². The van der Waals surface area contributed by atoms with Crippen LogP contribution in [0.1, 0.15) is 25.0 Å². The van der Waals surface area contributed by atoms with E-state index in [0.29, 0.717) is 5.75 Å². The first kappa shape index (κ1) is 17.1. The number of amides is 1. The molecule has 1 fully saturated rings. The molecule has 2 rings (SSSR count). The van der Waals surface area contributed by atoms with Crippen molar-refractivity contribution < 1.29 is 9.53 Å². The predicted molar refractivity (Wildman–Crippen MR) is 89.7 cm³/mol. The molecule has 122 valence electrons. The standard InChI is InChI=1S/C17H25ClN2O2/c1-5-19-6-8-20(9-7-19)17(21)14(4)22-15-10-12(2)16(18)13(3)11-15/h10-11,14H,5-9H2,1-4H3/t14-/m0/s1. The number of ether oxygens (including phenoxy) is 1. The average molecular weight is 325 g/mol. The van der Waals surface area contributed by atoms with Crippen LogP contribution in [0.2, 0.25) is 5.02 Å². The van der Waals surface area contributed by atoms with Gasteiger partial charge in [-0.1, -0.05) is 18.5 Å². The van der Waals surface area contributed by atoms with E-state index >= 15 is 0 Å². The quantitative estimate of drug-likeness (QED) is 0.853. The van der Waals surface area contributed by atoms with Crippen molar-refractivity contribution in [3.05, 3.63) is 28.3 Å². The number of rotatable bonds is 4. The van der Waals surface area contributed by atoms with Gasteiger partial charge < -0.3 is 14.5 Å². The number of aryl methyl sites for hydroxylation is 2. The number of carbonyl (C=O) groups excluding carboxylic acids is 1. The zero-order valence-corrected chi connectivity index (χ0v) is 14.6. The molecule has 0 unspecified atom stereocenters. The number of hydrogen-bond acceptors (Lipinski definition) is 3. The average Bonchev–Trinajstić information content (AvgIpc) is 2.51. The van der Waals surface area contributed by atoms with Gasteiger partial charge in [0.1, 0.15) is 5.75 Å². The van der Waals surface area contributed by atoms with E-state index in [4.69, 9.17) is 16.3 Å². The number of nitrogens with zero attached hydrogens (tertiary/aromatic N) is 2. The number of benzene rings is 1. The molecule has 1 aromatic carbocycles. The second kappa shape index (κ2) is 7.34. The van der Waals surface area contributed by atoms with Crippen LogP contribution < -0.4 is 4.74 Å². The molecule has 0 bridgehead atoms. The van der Waals surface area contributed by atoms with E-state index in [1.807, 2.05) is 37.8 Å². The van der Waals surface area contributed by atoms with Crippen molar-refractivity contribution in [3.63, 3.8) is 0 Å². The fourth-order valence-corrected chi connectivity index (χ4v) is 2.88. The second-order valence-electron chi connectivity index (χ2n) is 5.89. The van der Waals surface area contributed by atoms with E-state index in [2.05, 4.69) is 11.8 Å². The van der Waals surface area contributed by atoms with Crippen LogP contribution in [0.4, 0.5) is 0 Å². The topological polar surface area (TPSA) is 32.8 Å². The van der Waals surface area contributed by atoms with Gasteiger partial charge in [0.05, 0.1) is 0 Å². The van der Waals surface area contributed by atoms with Gasteiger partial charge in [-0.15, -0.1) is 0 Å². The minimum Gasteiger partial charge on any atom is -0.481 e. The summed E-state index contributed by atoms with van der Waals surface area (Å²) in [5.41, 5.74) is 1.93. The lowest BCUT2D eigenvalue weighted by molar-refractivity contribution is -0.139. The first-order valence-corrected chi connectivity index (χ1v) is 8.24. The van der Waals surface area contributed by atoms with Gasteiger partial charge >= 0.3 is 0 Å². The summed E-state index contributed by atoms with van der Waals surface area (Å²) in [5.74, 6) is 0.758. The Morgan fingerprint density at radius 1 is 1.23 bits per heavy atom. The lowest BCUT2D eigenvalue weighted by Crippen LogP contribution is -2.51. The van der Waals surface area contributed by atoms with Crippen molar-refractivity contribution in [1.29, 1.82) is 0 Å². The van der Waals surface area contributed by atoms with Crippen LogP contribution in [0.25, 0.3) is 0 Å². The Morgan fingerprint density at radius 3 is 2.27 bits per heavy atom. The van der Waals surface area contributed by atoms with Crippen molar-refractivity contribution in [2.45, 2.75) is 33.8 Å². The first-order chi connectivity index (χ1) is 10.4. The fourth-order valence-electron chi connectivity index (χ4n) is 2.77. The third-order valence-electron chi connectivity index (χ3n) is 4.20. The van der Waals surface area contributed by atoms with Crippen molar-refractivity contribution in [3.8, 4) is 5.75 Å². The highest BCUT2D eigenvalue weighted by molar-refractivity contribution is 6.32. The maximum atomic E-state index is 12.5. The molecule has 4 nitrogen and oxygen atoms in total. The molecule has 1 saturated heterocycles. The molecule has 0 N–H and O–H groups in total. The third kappa shape index (κ3) is 3.93. The largest absolute Gasteiger partial charge is 0.481 e. The van der Waals surface area contributed by atoms with E-state index < -0.39 is 6.10 Å². The molecule has 0 aromatic heterocycles.